The fraction of sp³-hybridized carbons (Fsp3) is 0.0833. The third kappa shape index (κ3) is 1.78. The van der Waals surface area contributed by atoms with Crippen LogP contribution in [0.4, 0.5) is 11.4 Å². The van der Waals surface area contributed by atoms with E-state index in [-0.39, 0.29) is 11.8 Å². The average Bonchev–Trinajstić information content (AvgIpc) is 2.68. The molecule has 1 aromatic heterocycles. The number of aliphatic imine (C=N–C) groups is 1. The summed E-state index contributed by atoms with van der Waals surface area (Å²) in [6.45, 7) is 0.556. The first-order valence-electron chi connectivity index (χ1n) is 5.33. The Morgan fingerprint density at radius 1 is 1.28 bits per heavy atom. The molecule has 0 atom stereocenters. The number of benzene rings is 1. The van der Waals surface area contributed by atoms with Gasteiger partial charge in [-0.25, -0.2) is 4.99 Å². The highest BCUT2D eigenvalue weighted by Gasteiger charge is 2.18. The van der Waals surface area contributed by atoms with Crippen LogP contribution in [-0.4, -0.2) is 21.5 Å². The number of aromatic nitrogens is 1. The molecule has 1 aromatic carbocycles. The molecular formula is C12H10ClN3O2. The van der Waals surface area contributed by atoms with Gasteiger partial charge in [-0.1, -0.05) is 17.7 Å². The zero-order chi connectivity index (χ0) is 12.7. The van der Waals surface area contributed by atoms with Gasteiger partial charge in [0.25, 0.3) is 0 Å². The molecule has 0 unspecified atom stereocenters. The maximum Gasteiger partial charge on any atom is 0.215 e. The van der Waals surface area contributed by atoms with Crippen molar-refractivity contribution in [3.05, 3.63) is 34.9 Å². The molecule has 0 bridgehead atoms. The van der Waals surface area contributed by atoms with Crippen LogP contribution >= 0.6 is 11.6 Å². The Morgan fingerprint density at radius 2 is 2.11 bits per heavy atom. The van der Waals surface area contributed by atoms with Crippen LogP contribution in [0.3, 0.4) is 0 Å². The zero-order valence-electron chi connectivity index (χ0n) is 9.26. The third-order valence-corrected chi connectivity index (χ3v) is 3.03. The van der Waals surface area contributed by atoms with Gasteiger partial charge in [0, 0.05) is 11.1 Å². The number of nitrogens with zero attached hydrogens (tertiary/aromatic N) is 2. The van der Waals surface area contributed by atoms with Crippen molar-refractivity contribution in [1.29, 1.82) is 0 Å². The number of halogens is 1. The summed E-state index contributed by atoms with van der Waals surface area (Å²) in [6.07, 6.45) is 1.60. The Kier molecular flexibility index (Phi) is 2.41. The van der Waals surface area contributed by atoms with E-state index in [9.17, 15) is 10.2 Å². The van der Waals surface area contributed by atoms with Crippen LogP contribution in [-0.2, 0) is 6.54 Å². The molecule has 92 valence electrons. The minimum absolute atomic E-state index is 0.0854. The van der Waals surface area contributed by atoms with Gasteiger partial charge in [0.1, 0.15) is 5.69 Å². The van der Waals surface area contributed by atoms with Crippen molar-refractivity contribution in [3.63, 3.8) is 0 Å². The van der Waals surface area contributed by atoms with E-state index < -0.39 is 0 Å². The Bertz CT molecular complexity index is 636. The highest BCUT2D eigenvalue weighted by molar-refractivity contribution is 6.30. The summed E-state index contributed by atoms with van der Waals surface area (Å²) >= 11 is 5.89. The topological polar surface area (TPSA) is 71.8 Å². The number of anilines is 1. The van der Waals surface area contributed by atoms with Crippen LogP contribution in [0.2, 0.25) is 5.02 Å². The molecule has 6 heteroatoms. The van der Waals surface area contributed by atoms with Crippen LogP contribution in [0.1, 0.15) is 5.56 Å². The number of H-pyrrole nitrogens is 1. The maximum atomic E-state index is 9.64. The second kappa shape index (κ2) is 3.96. The van der Waals surface area contributed by atoms with E-state index in [1.54, 1.807) is 23.4 Å². The van der Waals surface area contributed by atoms with Crippen molar-refractivity contribution in [1.82, 2.24) is 4.98 Å². The molecule has 5 nitrogen and oxygen atoms in total. The van der Waals surface area contributed by atoms with Crippen LogP contribution in [0.25, 0.3) is 0 Å². The van der Waals surface area contributed by atoms with Crippen LogP contribution in [0.5, 0.6) is 11.8 Å². The van der Waals surface area contributed by atoms with Gasteiger partial charge in [0.15, 0.2) is 5.88 Å². The summed E-state index contributed by atoms with van der Waals surface area (Å²) in [4.78, 5) is 8.43. The van der Waals surface area contributed by atoms with E-state index in [0.717, 1.165) is 11.3 Å². The quantitative estimate of drug-likeness (QED) is 0.741. The molecule has 0 radical (unpaired) electrons. The lowest BCUT2D eigenvalue weighted by Gasteiger charge is -2.23. The molecule has 2 heterocycles. The summed E-state index contributed by atoms with van der Waals surface area (Å²) < 4.78 is 0. The van der Waals surface area contributed by atoms with Crippen molar-refractivity contribution in [2.75, 3.05) is 4.90 Å². The van der Waals surface area contributed by atoms with Gasteiger partial charge >= 0.3 is 0 Å². The Labute approximate surface area is 108 Å². The van der Waals surface area contributed by atoms with E-state index in [1.807, 2.05) is 6.07 Å². The van der Waals surface area contributed by atoms with Crippen LogP contribution in [0.15, 0.2) is 29.3 Å². The molecule has 0 amide bonds. The fourth-order valence-electron chi connectivity index (χ4n) is 1.93. The second-order valence-electron chi connectivity index (χ2n) is 4.03. The largest absolute Gasteiger partial charge is 0.494 e. The Hall–Kier alpha value is -2.14. The first-order chi connectivity index (χ1) is 8.63. The number of aromatic amines is 1. The molecule has 1 aliphatic rings. The number of aromatic hydroxyl groups is 2. The third-order valence-electron chi connectivity index (χ3n) is 2.80. The summed E-state index contributed by atoms with van der Waals surface area (Å²) in [5, 5.41) is 19.6. The van der Waals surface area contributed by atoms with Crippen molar-refractivity contribution in [2.45, 2.75) is 6.54 Å². The van der Waals surface area contributed by atoms with E-state index in [2.05, 4.69) is 9.98 Å². The monoisotopic (exact) mass is 263 g/mol. The highest BCUT2D eigenvalue weighted by atomic mass is 35.5. The average molecular weight is 264 g/mol. The second-order valence-corrected chi connectivity index (χ2v) is 4.47. The molecule has 3 rings (SSSR count). The first kappa shape index (κ1) is 11.0. The predicted molar refractivity (Wildman–Crippen MR) is 69.9 cm³/mol. The molecule has 2 aromatic rings. The van der Waals surface area contributed by atoms with Crippen LogP contribution < -0.4 is 4.90 Å². The van der Waals surface area contributed by atoms with Crippen molar-refractivity contribution < 1.29 is 10.2 Å². The molecular weight excluding hydrogens is 254 g/mol. The van der Waals surface area contributed by atoms with E-state index in [4.69, 9.17) is 11.6 Å². The lowest BCUT2D eigenvalue weighted by molar-refractivity contribution is 0.425. The Morgan fingerprint density at radius 3 is 2.83 bits per heavy atom. The standard InChI is InChI=1S/C12H10ClN3O2/c13-8-2-1-7-5-16(6-14-9(7)3-8)10-4-11(17)15-12(10)18/h1-4,6,15,17-18H,5H2. The summed E-state index contributed by atoms with van der Waals surface area (Å²) in [5.74, 6) is -0.172. The van der Waals surface area contributed by atoms with E-state index >= 15 is 0 Å². The lowest BCUT2D eigenvalue weighted by Crippen LogP contribution is -2.22. The SMILES string of the molecule is Oc1cc(N2C=Nc3cc(Cl)ccc3C2)c(O)[nH]1. The minimum Gasteiger partial charge on any atom is -0.494 e. The van der Waals surface area contributed by atoms with Gasteiger partial charge in [0.05, 0.1) is 18.6 Å². The molecule has 0 fully saturated rings. The number of fused-ring (bicyclic) bond motifs is 1. The number of hydrogen-bond acceptors (Lipinski definition) is 4. The number of nitrogens with one attached hydrogen (secondary N) is 1. The van der Waals surface area contributed by atoms with Crippen LogP contribution in [0, 0.1) is 0 Å². The van der Waals surface area contributed by atoms with Gasteiger partial charge in [0.2, 0.25) is 5.88 Å². The molecule has 0 aliphatic carbocycles. The number of hydrogen-bond donors (Lipinski definition) is 3. The maximum absolute atomic E-state index is 9.64. The lowest BCUT2D eigenvalue weighted by atomic mass is 10.1. The molecule has 1 aliphatic heterocycles. The van der Waals surface area contributed by atoms with E-state index in [1.165, 1.54) is 6.07 Å². The molecule has 3 N–H and O–H groups in total. The van der Waals surface area contributed by atoms with Gasteiger partial charge < -0.3 is 15.1 Å². The Balaban J connectivity index is 1.97. The molecule has 0 saturated heterocycles. The van der Waals surface area contributed by atoms with E-state index in [0.29, 0.717) is 17.3 Å². The zero-order valence-corrected chi connectivity index (χ0v) is 10.0. The van der Waals surface area contributed by atoms with Crippen molar-refractivity contribution in [2.24, 2.45) is 4.99 Å². The normalized spacial score (nSPS) is 13.7. The smallest absolute Gasteiger partial charge is 0.215 e. The molecule has 18 heavy (non-hydrogen) atoms. The predicted octanol–water partition coefficient (Wildman–Crippen LogP) is 2.76. The minimum atomic E-state index is -0.0867. The van der Waals surface area contributed by atoms with Gasteiger partial charge in [-0.05, 0) is 17.7 Å². The fourth-order valence-corrected chi connectivity index (χ4v) is 2.10. The van der Waals surface area contributed by atoms with Crippen molar-refractivity contribution >= 4 is 29.3 Å². The molecule has 0 saturated carbocycles. The van der Waals surface area contributed by atoms with Crippen molar-refractivity contribution in [3.8, 4) is 11.8 Å². The number of rotatable bonds is 1. The summed E-state index contributed by atoms with van der Waals surface area (Å²) in [5.41, 5.74) is 2.30. The molecule has 0 spiro atoms. The summed E-state index contributed by atoms with van der Waals surface area (Å²) in [7, 11) is 0. The first-order valence-corrected chi connectivity index (χ1v) is 5.71. The summed E-state index contributed by atoms with van der Waals surface area (Å²) in [6, 6.07) is 6.93. The van der Waals surface area contributed by atoms with Gasteiger partial charge in [-0.2, -0.15) is 0 Å². The highest BCUT2D eigenvalue weighted by Crippen LogP contribution is 2.35. The van der Waals surface area contributed by atoms with Gasteiger partial charge in [-0.3, -0.25) is 4.98 Å². The van der Waals surface area contributed by atoms with Gasteiger partial charge in [-0.15, -0.1) is 0 Å².